The highest BCUT2D eigenvalue weighted by Gasteiger charge is 2.44. The van der Waals surface area contributed by atoms with Crippen LogP contribution < -0.4 is 0 Å². The predicted molar refractivity (Wildman–Crippen MR) is 124 cm³/mol. The Hall–Kier alpha value is -2.60. The molecule has 0 aliphatic carbocycles. The van der Waals surface area contributed by atoms with E-state index in [4.69, 9.17) is 11.6 Å². The third-order valence-corrected chi connectivity index (χ3v) is 6.63. The molecule has 0 N–H and O–H groups in total. The fourth-order valence-electron chi connectivity index (χ4n) is 4.81. The number of rotatable bonds is 6. The highest BCUT2D eigenvalue weighted by Crippen LogP contribution is 2.42. The molecule has 0 aromatic heterocycles. The first-order valence-electron chi connectivity index (χ1n) is 10.7. The first-order valence-corrected chi connectivity index (χ1v) is 11.1. The summed E-state index contributed by atoms with van der Waals surface area (Å²) in [5.74, 6) is 0.256. The number of hydrogen-bond acceptors (Lipinski definition) is 2. The van der Waals surface area contributed by atoms with Crippen LogP contribution in [-0.4, -0.2) is 24.5 Å². The Kier molecular flexibility index (Phi) is 6.53. The zero-order valence-electron chi connectivity index (χ0n) is 17.2. The van der Waals surface area contributed by atoms with Gasteiger partial charge in [-0.3, -0.25) is 0 Å². The van der Waals surface area contributed by atoms with Crippen LogP contribution in [-0.2, 0) is 11.8 Å². The van der Waals surface area contributed by atoms with Gasteiger partial charge in [-0.25, -0.2) is 0 Å². The van der Waals surface area contributed by atoms with Crippen LogP contribution in [0.1, 0.15) is 29.5 Å². The molecule has 1 heterocycles. The van der Waals surface area contributed by atoms with Crippen molar-refractivity contribution in [3.8, 4) is 6.07 Å². The van der Waals surface area contributed by atoms with Gasteiger partial charge in [0.25, 0.3) is 0 Å². The highest BCUT2D eigenvalue weighted by molar-refractivity contribution is 6.30. The van der Waals surface area contributed by atoms with Gasteiger partial charge in [0.2, 0.25) is 0 Å². The topological polar surface area (TPSA) is 27.0 Å². The minimum atomic E-state index is -0.624. The second-order valence-corrected chi connectivity index (χ2v) is 8.60. The fourth-order valence-corrected chi connectivity index (χ4v) is 4.94. The van der Waals surface area contributed by atoms with Crippen molar-refractivity contribution in [1.82, 2.24) is 4.90 Å². The molecule has 3 heteroatoms. The number of hydrogen-bond donors (Lipinski definition) is 0. The van der Waals surface area contributed by atoms with Gasteiger partial charge in [0.05, 0.1) is 6.07 Å². The first-order chi connectivity index (χ1) is 14.7. The minimum absolute atomic E-state index is 0.256. The molecule has 0 spiro atoms. The zero-order chi connectivity index (χ0) is 20.8. The lowest BCUT2D eigenvalue weighted by atomic mass is 9.64. The Bertz CT molecular complexity index is 937. The molecule has 0 amide bonds. The van der Waals surface area contributed by atoms with E-state index in [2.05, 4.69) is 47.4 Å². The second-order valence-electron chi connectivity index (χ2n) is 8.17. The lowest BCUT2D eigenvalue weighted by Gasteiger charge is -2.42. The third-order valence-electron chi connectivity index (χ3n) is 6.38. The van der Waals surface area contributed by atoms with E-state index in [0.29, 0.717) is 0 Å². The van der Waals surface area contributed by atoms with Gasteiger partial charge in [-0.1, -0.05) is 84.4 Å². The molecular formula is C27H27ClN2. The Morgan fingerprint density at radius 3 is 2.07 bits per heavy atom. The number of benzene rings is 3. The average molecular weight is 415 g/mol. The molecule has 152 valence electrons. The van der Waals surface area contributed by atoms with Crippen molar-refractivity contribution in [2.24, 2.45) is 5.92 Å². The van der Waals surface area contributed by atoms with Crippen molar-refractivity contribution < 1.29 is 0 Å². The molecule has 0 saturated carbocycles. The number of nitrogens with zero attached hydrogens (tertiary/aromatic N) is 2. The van der Waals surface area contributed by atoms with Crippen molar-refractivity contribution in [3.05, 3.63) is 107 Å². The summed E-state index contributed by atoms with van der Waals surface area (Å²) in [6.07, 6.45) is 3.18. The van der Waals surface area contributed by atoms with Crippen molar-refractivity contribution in [2.45, 2.75) is 24.7 Å². The van der Waals surface area contributed by atoms with Gasteiger partial charge in [0, 0.05) is 18.1 Å². The van der Waals surface area contributed by atoms with E-state index in [1.165, 1.54) is 5.56 Å². The number of piperidine rings is 1. The van der Waals surface area contributed by atoms with E-state index >= 15 is 0 Å². The van der Waals surface area contributed by atoms with Gasteiger partial charge < -0.3 is 4.90 Å². The van der Waals surface area contributed by atoms with E-state index in [1.807, 2.05) is 48.5 Å². The second kappa shape index (κ2) is 9.47. The van der Waals surface area contributed by atoms with Crippen LogP contribution in [0.15, 0.2) is 84.9 Å². The quantitative estimate of drug-likeness (QED) is 0.487. The SMILES string of the molecule is N#CC(c1ccccc1)(c1ccccc1)[C@H]1CCCN(CCc2ccc(Cl)cc2)C1. The van der Waals surface area contributed by atoms with Crippen LogP contribution in [0.25, 0.3) is 0 Å². The summed E-state index contributed by atoms with van der Waals surface area (Å²) < 4.78 is 0. The highest BCUT2D eigenvalue weighted by atomic mass is 35.5. The van der Waals surface area contributed by atoms with Gasteiger partial charge in [-0.2, -0.15) is 5.26 Å². The molecule has 1 atom stereocenters. The lowest BCUT2D eigenvalue weighted by Crippen LogP contribution is -2.46. The molecule has 3 aromatic rings. The van der Waals surface area contributed by atoms with E-state index in [1.54, 1.807) is 0 Å². The van der Waals surface area contributed by atoms with Crippen molar-refractivity contribution >= 4 is 11.6 Å². The summed E-state index contributed by atoms with van der Waals surface area (Å²) in [7, 11) is 0. The molecule has 1 aliphatic rings. The van der Waals surface area contributed by atoms with Gasteiger partial charge in [0.1, 0.15) is 5.41 Å². The number of halogens is 1. The van der Waals surface area contributed by atoms with E-state index in [0.717, 1.165) is 55.0 Å². The van der Waals surface area contributed by atoms with Gasteiger partial charge >= 0.3 is 0 Å². The summed E-state index contributed by atoms with van der Waals surface area (Å²) in [4.78, 5) is 2.53. The lowest BCUT2D eigenvalue weighted by molar-refractivity contribution is 0.148. The number of nitriles is 1. The molecule has 1 fully saturated rings. The van der Waals surface area contributed by atoms with Gasteiger partial charge in [-0.15, -0.1) is 0 Å². The largest absolute Gasteiger partial charge is 0.303 e. The van der Waals surface area contributed by atoms with Crippen LogP contribution in [0.2, 0.25) is 5.02 Å². The van der Waals surface area contributed by atoms with Gasteiger partial charge in [-0.05, 0) is 60.5 Å². The Morgan fingerprint density at radius 2 is 1.50 bits per heavy atom. The van der Waals surface area contributed by atoms with Crippen molar-refractivity contribution in [3.63, 3.8) is 0 Å². The Morgan fingerprint density at radius 1 is 0.900 bits per heavy atom. The molecule has 1 aliphatic heterocycles. The molecule has 3 aromatic carbocycles. The first kappa shape index (κ1) is 20.7. The summed E-state index contributed by atoms with van der Waals surface area (Å²) in [6.45, 7) is 3.03. The Balaban J connectivity index is 1.59. The maximum absolute atomic E-state index is 10.6. The van der Waals surface area contributed by atoms with E-state index in [9.17, 15) is 5.26 Å². The zero-order valence-corrected chi connectivity index (χ0v) is 17.9. The van der Waals surface area contributed by atoms with Crippen LogP contribution in [0.4, 0.5) is 0 Å². The molecule has 4 rings (SSSR count). The molecule has 30 heavy (non-hydrogen) atoms. The monoisotopic (exact) mass is 414 g/mol. The van der Waals surface area contributed by atoms with Crippen molar-refractivity contribution in [2.75, 3.05) is 19.6 Å². The maximum atomic E-state index is 10.6. The third kappa shape index (κ3) is 4.29. The molecule has 1 saturated heterocycles. The molecule has 2 nitrogen and oxygen atoms in total. The smallest absolute Gasteiger partial charge is 0.111 e. The van der Waals surface area contributed by atoms with Crippen LogP contribution in [0, 0.1) is 17.2 Å². The van der Waals surface area contributed by atoms with Gasteiger partial charge in [0.15, 0.2) is 0 Å². The molecule has 0 unspecified atom stereocenters. The standard InChI is InChI=1S/C27H27ClN2/c28-26-15-13-22(14-16-26)17-19-30-18-7-12-25(20-30)27(21-29,23-8-3-1-4-9-23)24-10-5-2-6-11-24/h1-6,8-11,13-16,25H,7,12,17-20H2/t25-/m0/s1. The summed E-state index contributed by atoms with van der Waals surface area (Å²) in [6, 6.07) is 31.6. The summed E-state index contributed by atoms with van der Waals surface area (Å²) in [5.41, 5.74) is 2.88. The molecular weight excluding hydrogens is 388 g/mol. The average Bonchev–Trinajstić information content (AvgIpc) is 2.81. The van der Waals surface area contributed by atoms with Crippen LogP contribution in [0.3, 0.4) is 0 Å². The minimum Gasteiger partial charge on any atom is -0.303 e. The van der Waals surface area contributed by atoms with E-state index in [-0.39, 0.29) is 5.92 Å². The van der Waals surface area contributed by atoms with Crippen molar-refractivity contribution in [1.29, 1.82) is 5.26 Å². The Labute approximate surface area is 184 Å². The predicted octanol–water partition coefficient (Wildman–Crippen LogP) is 6.10. The molecule has 0 bridgehead atoms. The van der Waals surface area contributed by atoms with Crippen LogP contribution in [0.5, 0.6) is 0 Å². The van der Waals surface area contributed by atoms with E-state index < -0.39 is 5.41 Å². The van der Waals surface area contributed by atoms with Crippen LogP contribution >= 0.6 is 11.6 Å². The summed E-state index contributed by atoms with van der Waals surface area (Å²) in [5, 5.41) is 11.4. The fraction of sp³-hybridized carbons (Fsp3) is 0.296. The number of likely N-dealkylation sites (tertiary alicyclic amines) is 1. The normalized spacial score (nSPS) is 17.4. The molecule has 0 radical (unpaired) electrons. The maximum Gasteiger partial charge on any atom is 0.111 e. The summed E-state index contributed by atoms with van der Waals surface area (Å²) >= 11 is 6.02.